The first-order chi connectivity index (χ1) is 9.38. The highest BCUT2D eigenvalue weighted by Gasteiger charge is 2.17. The Hall–Kier alpha value is -1.88. The van der Waals surface area contributed by atoms with E-state index in [9.17, 15) is 14.3 Å². The molecule has 1 aromatic heterocycles. The fraction of sp³-hybridized carbons (Fsp3) is 0.267. The van der Waals surface area contributed by atoms with E-state index in [2.05, 4.69) is 5.32 Å². The third kappa shape index (κ3) is 2.99. The molecule has 0 radical (unpaired) electrons. The molecule has 1 amide bonds. The van der Waals surface area contributed by atoms with Gasteiger partial charge in [-0.15, -0.1) is 11.3 Å². The number of hydrogen-bond acceptors (Lipinski definition) is 3. The van der Waals surface area contributed by atoms with Gasteiger partial charge in [-0.3, -0.25) is 4.79 Å². The molecular formula is C15H16FNO2S. The minimum atomic E-state index is -0.573. The first-order valence-corrected chi connectivity index (χ1v) is 7.06. The van der Waals surface area contributed by atoms with Gasteiger partial charge in [-0.05, 0) is 44.5 Å². The van der Waals surface area contributed by atoms with E-state index in [1.54, 1.807) is 11.3 Å². The number of benzene rings is 1. The summed E-state index contributed by atoms with van der Waals surface area (Å²) in [6.45, 7) is 5.90. The molecule has 1 atom stereocenters. The quantitative estimate of drug-likeness (QED) is 0.906. The zero-order chi connectivity index (χ0) is 14.9. The Balaban J connectivity index is 2.17. The van der Waals surface area contributed by atoms with Crippen LogP contribution in [0.5, 0.6) is 5.75 Å². The number of aromatic hydroxyl groups is 1. The maximum absolute atomic E-state index is 12.9. The van der Waals surface area contributed by atoms with Crippen molar-refractivity contribution in [1.29, 1.82) is 0 Å². The van der Waals surface area contributed by atoms with Gasteiger partial charge in [-0.2, -0.15) is 0 Å². The Kier molecular flexibility index (Phi) is 4.09. The molecule has 0 aliphatic heterocycles. The molecule has 0 bridgehead atoms. The summed E-state index contributed by atoms with van der Waals surface area (Å²) in [5.41, 5.74) is 1.13. The van der Waals surface area contributed by atoms with Crippen LogP contribution >= 0.6 is 11.3 Å². The molecule has 0 saturated carbocycles. The SMILES string of the molecule is Cc1cc(C(C)NC(=O)c2ccc(F)cc2O)c(C)s1. The normalized spacial score (nSPS) is 12.2. The standard InChI is InChI=1S/C15H16FNO2S/c1-8-6-13(10(3)20-8)9(2)17-15(19)12-5-4-11(16)7-14(12)18/h4-7,9,18H,1-3H3,(H,17,19). The fourth-order valence-corrected chi connectivity index (χ4v) is 3.15. The van der Waals surface area contributed by atoms with Crippen molar-refractivity contribution < 1.29 is 14.3 Å². The highest BCUT2D eigenvalue weighted by Crippen LogP contribution is 2.27. The molecule has 20 heavy (non-hydrogen) atoms. The van der Waals surface area contributed by atoms with Gasteiger partial charge in [-0.1, -0.05) is 0 Å². The van der Waals surface area contributed by atoms with Crippen molar-refractivity contribution in [3.8, 4) is 5.75 Å². The summed E-state index contributed by atoms with van der Waals surface area (Å²) in [5.74, 6) is -1.34. The Labute approximate surface area is 121 Å². The average molecular weight is 293 g/mol. The van der Waals surface area contributed by atoms with Crippen LogP contribution in [0.4, 0.5) is 4.39 Å². The number of carbonyl (C=O) groups excluding carboxylic acids is 1. The second-order valence-electron chi connectivity index (χ2n) is 4.73. The molecule has 3 nitrogen and oxygen atoms in total. The van der Waals surface area contributed by atoms with Crippen molar-refractivity contribution in [3.63, 3.8) is 0 Å². The van der Waals surface area contributed by atoms with Gasteiger partial charge in [0.25, 0.3) is 5.91 Å². The number of nitrogens with one attached hydrogen (secondary N) is 1. The molecule has 2 rings (SSSR count). The van der Waals surface area contributed by atoms with Crippen LogP contribution in [0.2, 0.25) is 0 Å². The summed E-state index contributed by atoms with van der Waals surface area (Å²) >= 11 is 1.68. The van der Waals surface area contributed by atoms with Gasteiger partial charge >= 0.3 is 0 Å². The van der Waals surface area contributed by atoms with E-state index in [0.29, 0.717) is 0 Å². The Morgan fingerprint density at radius 3 is 2.60 bits per heavy atom. The molecule has 0 spiro atoms. The molecule has 2 aromatic rings. The van der Waals surface area contributed by atoms with Crippen LogP contribution in [0.15, 0.2) is 24.3 Å². The molecule has 0 aliphatic rings. The van der Waals surface area contributed by atoms with Gasteiger partial charge in [0, 0.05) is 15.8 Å². The Morgan fingerprint density at radius 1 is 1.35 bits per heavy atom. The molecule has 106 valence electrons. The van der Waals surface area contributed by atoms with Gasteiger partial charge in [0.1, 0.15) is 11.6 Å². The first kappa shape index (κ1) is 14.5. The Morgan fingerprint density at radius 2 is 2.05 bits per heavy atom. The largest absolute Gasteiger partial charge is 0.507 e. The van der Waals surface area contributed by atoms with Crippen LogP contribution in [0, 0.1) is 19.7 Å². The lowest BCUT2D eigenvalue weighted by molar-refractivity contribution is 0.0937. The molecule has 0 aliphatic carbocycles. The van der Waals surface area contributed by atoms with Crippen molar-refractivity contribution in [3.05, 3.63) is 51.0 Å². The summed E-state index contributed by atoms with van der Waals surface area (Å²) in [4.78, 5) is 14.4. The van der Waals surface area contributed by atoms with E-state index in [4.69, 9.17) is 0 Å². The summed E-state index contributed by atoms with van der Waals surface area (Å²) < 4.78 is 12.9. The van der Waals surface area contributed by atoms with Crippen LogP contribution in [0.3, 0.4) is 0 Å². The molecule has 1 aromatic carbocycles. The second kappa shape index (κ2) is 5.63. The predicted molar refractivity (Wildman–Crippen MR) is 77.7 cm³/mol. The van der Waals surface area contributed by atoms with Crippen molar-refractivity contribution in [1.82, 2.24) is 5.32 Å². The maximum atomic E-state index is 12.9. The second-order valence-corrected chi connectivity index (χ2v) is 6.19. The van der Waals surface area contributed by atoms with Crippen LogP contribution in [0.1, 0.15) is 38.6 Å². The number of hydrogen-bond donors (Lipinski definition) is 2. The van der Waals surface area contributed by atoms with Crippen molar-refractivity contribution >= 4 is 17.2 Å². The van der Waals surface area contributed by atoms with E-state index in [1.165, 1.54) is 10.9 Å². The summed E-state index contributed by atoms with van der Waals surface area (Å²) in [6, 6.07) is 5.23. The number of phenols is 1. The zero-order valence-electron chi connectivity index (χ0n) is 11.5. The summed E-state index contributed by atoms with van der Waals surface area (Å²) in [5, 5.41) is 12.4. The molecule has 0 saturated heterocycles. The molecule has 1 heterocycles. The van der Waals surface area contributed by atoms with Crippen molar-refractivity contribution in [2.75, 3.05) is 0 Å². The number of aryl methyl sites for hydroxylation is 2. The van der Waals surface area contributed by atoms with Crippen molar-refractivity contribution in [2.24, 2.45) is 0 Å². The van der Waals surface area contributed by atoms with Crippen LogP contribution in [-0.2, 0) is 0 Å². The molecule has 0 fully saturated rings. The van der Waals surface area contributed by atoms with E-state index < -0.39 is 11.7 Å². The van der Waals surface area contributed by atoms with Crippen molar-refractivity contribution in [2.45, 2.75) is 26.8 Å². The zero-order valence-corrected chi connectivity index (χ0v) is 12.3. The van der Waals surface area contributed by atoms with E-state index in [-0.39, 0.29) is 17.4 Å². The number of phenolic OH excluding ortho intramolecular Hbond substituents is 1. The molecule has 2 N–H and O–H groups in total. The smallest absolute Gasteiger partial charge is 0.255 e. The molecular weight excluding hydrogens is 277 g/mol. The van der Waals surface area contributed by atoms with Gasteiger partial charge in [0.2, 0.25) is 0 Å². The number of rotatable bonds is 3. The lowest BCUT2D eigenvalue weighted by atomic mass is 10.1. The van der Waals surface area contributed by atoms with E-state index in [1.807, 2.05) is 26.8 Å². The highest BCUT2D eigenvalue weighted by atomic mass is 32.1. The third-order valence-corrected chi connectivity index (χ3v) is 4.08. The lowest BCUT2D eigenvalue weighted by Gasteiger charge is -2.14. The number of carbonyl (C=O) groups is 1. The number of thiophene rings is 1. The van der Waals surface area contributed by atoms with E-state index >= 15 is 0 Å². The van der Waals surface area contributed by atoms with Gasteiger partial charge in [-0.25, -0.2) is 4.39 Å². The topological polar surface area (TPSA) is 49.3 Å². The summed E-state index contributed by atoms with van der Waals surface area (Å²) in [7, 11) is 0. The minimum Gasteiger partial charge on any atom is -0.507 e. The van der Waals surface area contributed by atoms with Gasteiger partial charge < -0.3 is 10.4 Å². The summed E-state index contributed by atoms with van der Waals surface area (Å²) in [6.07, 6.45) is 0. The first-order valence-electron chi connectivity index (χ1n) is 6.25. The lowest BCUT2D eigenvalue weighted by Crippen LogP contribution is -2.26. The third-order valence-electron chi connectivity index (χ3n) is 3.10. The Bertz CT molecular complexity index is 651. The molecule has 5 heteroatoms. The predicted octanol–water partition coefficient (Wildman–Crippen LogP) is 3.70. The van der Waals surface area contributed by atoms with Crippen LogP contribution < -0.4 is 5.32 Å². The number of amides is 1. The highest BCUT2D eigenvalue weighted by molar-refractivity contribution is 7.12. The maximum Gasteiger partial charge on any atom is 0.255 e. The number of halogens is 1. The van der Waals surface area contributed by atoms with E-state index in [0.717, 1.165) is 22.6 Å². The van der Waals surface area contributed by atoms with Crippen LogP contribution in [0.25, 0.3) is 0 Å². The van der Waals surface area contributed by atoms with Crippen LogP contribution in [-0.4, -0.2) is 11.0 Å². The average Bonchev–Trinajstić information content (AvgIpc) is 2.68. The monoisotopic (exact) mass is 293 g/mol. The van der Waals surface area contributed by atoms with Gasteiger partial charge in [0.05, 0.1) is 11.6 Å². The minimum absolute atomic E-state index is 0.0721. The fourth-order valence-electron chi connectivity index (χ4n) is 2.13. The van der Waals surface area contributed by atoms with Gasteiger partial charge in [0.15, 0.2) is 0 Å². The molecule has 1 unspecified atom stereocenters.